The van der Waals surface area contributed by atoms with Crippen molar-refractivity contribution < 1.29 is 0 Å². The third kappa shape index (κ3) is 6.26. The smallest absolute Gasteiger partial charge is 0.164 e. The number of aromatic nitrogens is 4. The molecule has 11 aromatic rings. The van der Waals surface area contributed by atoms with E-state index in [-0.39, 0.29) is 5.41 Å². The number of hydrogen-bond acceptors (Lipinski definition) is 3. The molecule has 2 heterocycles. The van der Waals surface area contributed by atoms with Crippen LogP contribution in [0.25, 0.3) is 106 Å². The average Bonchev–Trinajstić information content (AvgIpc) is 3.82. The minimum atomic E-state index is -0.0687. The Bertz CT molecular complexity index is 3570. The Hall–Kier alpha value is -8.21. The number of para-hydroxylation sites is 2. The quantitative estimate of drug-likeness (QED) is 0.161. The Labute approximate surface area is 372 Å². The van der Waals surface area contributed by atoms with E-state index in [1.807, 2.05) is 24.3 Å². The summed E-state index contributed by atoms with van der Waals surface area (Å²) in [5.74, 6) is 1.88. The minimum absolute atomic E-state index is 0.0687. The Morgan fingerprint density at radius 2 is 0.828 bits per heavy atom. The molecule has 0 N–H and O–H groups in total. The molecule has 0 atom stereocenters. The molecule has 0 saturated heterocycles. The highest BCUT2D eigenvalue weighted by molar-refractivity contribution is 6.14. The average molecular weight is 819 g/mol. The molecule has 0 aliphatic heterocycles. The second-order valence-corrected chi connectivity index (χ2v) is 17.2. The van der Waals surface area contributed by atoms with E-state index in [1.54, 1.807) is 0 Å². The summed E-state index contributed by atoms with van der Waals surface area (Å²) in [6.45, 7) is 4.69. The van der Waals surface area contributed by atoms with Gasteiger partial charge in [-0.05, 0) is 80.4 Å². The Balaban J connectivity index is 0.984. The van der Waals surface area contributed by atoms with Crippen molar-refractivity contribution in [2.24, 2.45) is 0 Å². The van der Waals surface area contributed by atoms with Crippen LogP contribution in [0.5, 0.6) is 0 Å². The van der Waals surface area contributed by atoms with Crippen molar-refractivity contribution in [1.29, 1.82) is 0 Å². The lowest BCUT2D eigenvalue weighted by molar-refractivity contribution is 0.660. The molecule has 0 unspecified atom stereocenters. The van der Waals surface area contributed by atoms with Crippen molar-refractivity contribution in [2.45, 2.75) is 19.3 Å². The zero-order chi connectivity index (χ0) is 42.8. The van der Waals surface area contributed by atoms with Gasteiger partial charge in [0.2, 0.25) is 0 Å². The van der Waals surface area contributed by atoms with Crippen molar-refractivity contribution >= 4 is 21.8 Å². The summed E-state index contributed by atoms with van der Waals surface area (Å²) in [4.78, 5) is 15.3. The van der Waals surface area contributed by atoms with Gasteiger partial charge in [0.1, 0.15) is 0 Å². The highest BCUT2D eigenvalue weighted by Gasteiger charge is 2.35. The zero-order valence-electron chi connectivity index (χ0n) is 35.6. The van der Waals surface area contributed by atoms with Crippen LogP contribution in [-0.2, 0) is 5.41 Å². The number of hydrogen-bond donors (Lipinski definition) is 0. The van der Waals surface area contributed by atoms with Gasteiger partial charge >= 0.3 is 0 Å². The minimum Gasteiger partial charge on any atom is -0.309 e. The van der Waals surface area contributed by atoms with Crippen molar-refractivity contribution in [2.75, 3.05) is 0 Å². The molecule has 2 aromatic heterocycles. The topological polar surface area (TPSA) is 43.6 Å². The molecule has 0 spiro atoms. The maximum absolute atomic E-state index is 5.16. The summed E-state index contributed by atoms with van der Waals surface area (Å²) in [5.41, 5.74) is 18.5. The standard InChI is InChI=1S/C60H42N4/c1-60(2)53-28-11-9-24-49(53)50-35-34-44(38-54(50)60)43-20-13-21-45(36-43)48-26-15-27-52-51-25-10-12-29-55(51)64(56(48)52)47-23-14-22-46(37-47)59-62-57(41-18-7-4-8-19-41)61-58(63-59)42-32-30-40(31-33-42)39-16-5-3-6-17-39/h3-38H,1-2H3. The number of nitrogens with zero attached hydrogens (tertiary/aromatic N) is 4. The van der Waals surface area contributed by atoms with Gasteiger partial charge in [-0.2, -0.15) is 0 Å². The van der Waals surface area contributed by atoms with Crippen LogP contribution < -0.4 is 0 Å². The van der Waals surface area contributed by atoms with Gasteiger partial charge in [0.25, 0.3) is 0 Å². The maximum atomic E-state index is 5.16. The zero-order valence-corrected chi connectivity index (χ0v) is 35.6. The van der Waals surface area contributed by atoms with E-state index in [2.05, 4.69) is 213 Å². The molecule has 0 saturated carbocycles. The van der Waals surface area contributed by atoms with Crippen LogP contribution in [0.2, 0.25) is 0 Å². The molecule has 1 aliphatic carbocycles. The van der Waals surface area contributed by atoms with E-state index in [0.717, 1.165) is 39.0 Å². The second-order valence-electron chi connectivity index (χ2n) is 17.2. The molecule has 0 radical (unpaired) electrons. The first-order valence-electron chi connectivity index (χ1n) is 21.9. The van der Waals surface area contributed by atoms with Gasteiger partial charge in [0, 0.05) is 44.1 Å². The molecule has 4 heteroatoms. The van der Waals surface area contributed by atoms with Gasteiger partial charge in [-0.1, -0.05) is 202 Å². The molecule has 1 aliphatic rings. The molecule has 64 heavy (non-hydrogen) atoms. The maximum Gasteiger partial charge on any atom is 0.164 e. The Morgan fingerprint density at radius 1 is 0.328 bits per heavy atom. The van der Waals surface area contributed by atoms with E-state index in [0.29, 0.717) is 17.5 Å². The van der Waals surface area contributed by atoms with Crippen LogP contribution in [0.1, 0.15) is 25.0 Å². The Morgan fingerprint density at radius 3 is 1.62 bits per heavy atom. The third-order valence-corrected chi connectivity index (χ3v) is 13.1. The molecule has 4 nitrogen and oxygen atoms in total. The molecule has 9 aromatic carbocycles. The summed E-state index contributed by atoms with van der Waals surface area (Å²) in [6.07, 6.45) is 0. The van der Waals surface area contributed by atoms with E-state index < -0.39 is 0 Å². The van der Waals surface area contributed by atoms with Crippen LogP contribution in [0.3, 0.4) is 0 Å². The van der Waals surface area contributed by atoms with Gasteiger partial charge in [-0.25, -0.2) is 15.0 Å². The van der Waals surface area contributed by atoms with Gasteiger partial charge < -0.3 is 4.57 Å². The van der Waals surface area contributed by atoms with Crippen LogP contribution in [0.15, 0.2) is 218 Å². The van der Waals surface area contributed by atoms with Gasteiger partial charge in [0.15, 0.2) is 17.5 Å². The lowest BCUT2D eigenvalue weighted by atomic mass is 9.81. The summed E-state index contributed by atoms with van der Waals surface area (Å²) < 4.78 is 2.41. The summed E-state index contributed by atoms with van der Waals surface area (Å²) in [7, 11) is 0. The third-order valence-electron chi connectivity index (χ3n) is 13.1. The van der Waals surface area contributed by atoms with E-state index in [9.17, 15) is 0 Å². The summed E-state index contributed by atoms with van der Waals surface area (Å²) in [5, 5.41) is 2.41. The fourth-order valence-corrected chi connectivity index (χ4v) is 9.85. The van der Waals surface area contributed by atoms with Gasteiger partial charge in [-0.3, -0.25) is 0 Å². The normalized spacial score (nSPS) is 12.7. The first kappa shape index (κ1) is 37.5. The van der Waals surface area contributed by atoms with Crippen molar-refractivity contribution in [3.63, 3.8) is 0 Å². The first-order chi connectivity index (χ1) is 31.5. The Kier molecular flexibility index (Phi) is 8.80. The van der Waals surface area contributed by atoms with Crippen LogP contribution in [0.4, 0.5) is 0 Å². The lowest BCUT2D eigenvalue weighted by Gasteiger charge is -2.22. The number of rotatable bonds is 7. The lowest BCUT2D eigenvalue weighted by Crippen LogP contribution is -2.14. The largest absolute Gasteiger partial charge is 0.309 e. The van der Waals surface area contributed by atoms with E-state index in [4.69, 9.17) is 15.0 Å². The predicted molar refractivity (Wildman–Crippen MR) is 264 cm³/mol. The van der Waals surface area contributed by atoms with E-state index in [1.165, 1.54) is 60.8 Å². The molecule has 0 bridgehead atoms. The molecule has 302 valence electrons. The molecular weight excluding hydrogens is 777 g/mol. The highest BCUT2D eigenvalue weighted by Crippen LogP contribution is 2.50. The SMILES string of the molecule is CC1(C)c2ccccc2-c2ccc(-c3cccc(-c4cccc5c6ccccc6n(-c6cccc(-c7nc(-c8ccccc8)nc(-c8ccc(-c9ccccc9)cc8)n7)c6)c45)c3)cc21. The molecular formula is C60H42N4. The molecule has 12 rings (SSSR count). The van der Waals surface area contributed by atoms with Crippen molar-refractivity contribution in [3.05, 3.63) is 230 Å². The van der Waals surface area contributed by atoms with Crippen molar-refractivity contribution in [3.8, 4) is 84.4 Å². The van der Waals surface area contributed by atoms with Gasteiger partial charge in [-0.15, -0.1) is 0 Å². The van der Waals surface area contributed by atoms with E-state index >= 15 is 0 Å². The first-order valence-corrected chi connectivity index (χ1v) is 21.9. The van der Waals surface area contributed by atoms with Crippen LogP contribution in [-0.4, -0.2) is 19.5 Å². The fraction of sp³-hybridized carbons (Fsp3) is 0.0500. The summed E-state index contributed by atoms with van der Waals surface area (Å²) in [6, 6.07) is 78.0. The van der Waals surface area contributed by atoms with Crippen LogP contribution >= 0.6 is 0 Å². The van der Waals surface area contributed by atoms with Gasteiger partial charge in [0.05, 0.1) is 11.0 Å². The molecule has 0 amide bonds. The second kappa shape index (κ2) is 15.0. The number of benzene rings is 9. The fourth-order valence-electron chi connectivity index (χ4n) is 9.85. The number of fused-ring (bicyclic) bond motifs is 6. The molecule has 0 fully saturated rings. The predicted octanol–water partition coefficient (Wildman–Crippen LogP) is 15.3. The summed E-state index contributed by atoms with van der Waals surface area (Å²) >= 11 is 0. The highest BCUT2D eigenvalue weighted by atomic mass is 15.0. The van der Waals surface area contributed by atoms with Crippen molar-refractivity contribution in [1.82, 2.24) is 19.5 Å². The monoisotopic (exact) mass is 818 g/mol. The van der Waals surface area contributed by atoms with Crippen LogP contribution in [0, 0.1) is 0 Å².